The Balaban J connectivity index is 2.12. The molecular formula is C11H17N3. The number of pyridine rings is 1. The summed E-state index contributed by atoms with van der Waals surface area (Å²) < 4.78 is 0. The van der Waals surface area contributed by atoms with Gasteiger partial charge in [-0.1, -0.05) is 6.07 Å². The van der Waals surface area contributed by atoms with Gasteiger partial charge in [-0.2, -0.15) is 0 Å². The van der Waals surface area contributed by atoms with Crippen LogP contribution in [-0.4, -0.2) is 29.5 Å². The molecule has 14 heavy (non-hydrogen) atoms. The quantitative estimate of drug-likeness (QED) is 0.780. The average molecular weight is 191 g/mol. The van der Waals surface area contributed by atoms with E-state index >= 15 is 0 Å². The van der Waals surface area contributed by atoms with Crippen molar-refractivity contribution in [1.29, 1.82) is 0 Å². The first-order valence-corrected chi connectivity index (χ1v) is 5.26. The van der Waals surface area contributed by atoms with Gasteiger partial charge >= 0.3 is 0 Å². The molecule has 0 amide bonds. The molecule has 0 spiro atoms. The standard InChI is InChI=1S/C11H17N3/c12-8-11(14-6-1-2-7-14)10-4-3-5-13-9-10/h3-5,9,11H,1-2,6-8,12H2. The minimum absolute atomic E-state index is 0.367. The predicted molar refractivity (Wildman–Crippen MR) is 56.8 cm³/mol. The van der Waals surface area contributed by atoms with E-state index in [1.165, 1.54) is 31.5 Å². The summed E-state index contributed by atoms with van der Waals surface area (Å²) in [5, 5.41) is 0. The monoisotopic (exact) mass is 191 g/mol. The predicted octanol–water partition coefficient (Wildman–Crippen LogP) is 1.18. The first-order chi connectivity index (χ1) is 6.92. The van der Waals surface area contributed by atoms with Gasteiger partial charge in [0.2, 0.25) is 0 Å². The van der Waals surface area contributed by atoms with Gasteiger partial charge in [0.05, 0.1) is 0 Å². The van der Waals surface area contributed by atoms with E-state index in [1.54, 1.807) is 6.20 Å². The average Bonchev–Trinajstić information content (AvgIpc) is 2.74. The SMILES string of the molecule is NCC(c1cccnc1)N1CCCC1. The molecular weight excluding hydrogens is 174 g/mol. The van der Waals surface area contributed by atoms with Gasteiger partial charge < -0.3 is 5.73 Å². The molecule has 2 N–H and O–H groups in total. The zero-order valence-electron chi connectivity index (χ0n) is 8.39. The van der Waals surface area contributed by atoms with Gasteiger partial charge in [-0.3, -0.25) is 9.88 Å². The minimum Gasteiger partial charge on any atom is -0.329 e. The third kappa shape index (κ3) is 1.94. The van der Waals surface area contributed by atoms with Gasteiger partial charge in [-0.15, -0.1) is 0 Å². The summed E-state index contributed by atoms with van der Waals surface area (Å²) in [5.41, 5.74) is 7.06. The summed E-state index contributed by atoms with van der Waals surface area (Å²) in [6, 6.07) is 4.46. The second-order valence-corrected chi connectivity index (χ2v) is 3.78. The largest absolute Gasteiger partial charge is 0.329 e. The number of likely N-dealkylation sites (tertiary alicyclic amines) is 1. The van der Waals surface area contributed by atoms with Crippen LogP contribution in [0.3, 0.4) is 0 Å². The van der Waals surface area contributed by atoms with E-state index in [2.05, 4.69) is 16.0 Å². The van der Waals surface area contributed by atoms with Crippen LogP contribution in [0.1, 0.15) is 24.4 Å². The van der Waals surface area contributed by atoms with E-state index in [0.29, 0.717) is 12.6 Å². The molecule has 1 atom stereocenters. The molecule has 0 saturated carbocycles. The lowest BCUT2D eigenvalue weighted by Crippen LogP contribution is -2.31. The van der Waals surface area contributed by atoms with Crippen LogP contribution in [0.15, 0.2) is 24.5 Å². The molecule has 3 nitrogen and oxygen atoms in total. The Morgan fingerprint density at radius 3 is 2.79 bits per heavy atom. The summed E-state index contributed by atoms with van der Waals surface area (Å²) >= 11 is 0. The highest BCUT2D eigenvalue weighted by Crippen LogP contribution is 2.22. The van der Waals surface area contributed by atoms with Crippen LogP contribution in [0.25, 0.3) is 0 Å². The van der Waals surface area contributed by atoms with E-state index in [1.807, 2.05) is 12.3 Å². The molecule has 76 valence electrons. The summed E-state index contributed by atoms with van der Waals surface area (Å²) in [4.78, 5) is 6.60. The lowest BCUT2D eigenvalue weighted by molar-refractivity contribution is 0.251. The third-order valence-electron chi connectivity index (χ3n) is 2.87. The highest BCUT2D eigenvalue weighted by molar-refractivity contribution is 5.14. The van der Waals surface area contributed by atoms with E-state index in [0.717, 1.165) is 0 Å². The number of rotatable bonds is 3. The molecule has 0 bridgehead atoms. The van der Waals surface area contributed by atoms with Gasteiger partial charge in [-0.25, -0.2) is 0 Å². The molecule has 1 aliphatic rings. The number of hydrogen-bond acceptors (Lipinski definition) is 3. The van der Waals surface area contributed by atoms with Gasteiger partial charge in [0.25, 0.3) is 0 Å². The van der Waals surface area contributed by atoms with Crippen LogP contribution in [0.4, 0.5) is 0 Å². The molecule has 0 aliphatic carbocycles. The van der Waals surface area contributed by atoms with Crippen molar-refractivity contribution in [3.05, 3.63) is 30.1 Å². The molecule has 2 heterocycles. The third-order valence-corrected chi connectivity index (χ3v) is 2.87. The van der Waals surface area contributed by atoms with Gasteiger partial charge in [0, 0.05) is 25.0 Å². The van der Waals surface area contributed by atoms with E-state index in [4.69, 9.17) is 5.73 Å². The normalized spacial score (nSPS) is 19.8. The van der Waals surface area contributed by atoms with Crippen molar-refractivity contribution in [2.24, 2.45) is 5.73 Å². The molecule has 0 aromatic carbocycles. The first kappa shape index (κ1) is 9.62. The molecule has 3 heteroatoms. The Kier molecular flexibility index (Phi) is 3.11. The highest BCUT2D eigenvalue weighted by Gasteiger charge is 2.21. The first-order valence-electron chi connectivity index (χ1n) is 5.26. The van der Waals surface area contributed by atoms with Crippen LogP contribution in [-0.2, 0) is 0 Å². The van der Waals surface area contributed by atoms with Crippen LogP contribution in [0.2, 0.25) is 0 Å². The van der Waals surface area contributed by atoms with Crippen molar-refractivity contribution in [3.8, 4) is 0 Å². The van der Waals surface area contributed by atoms with Crippen LogP contribution in [0.5, 0.6) is 0 Å². The van der Waals surface area contributed by atoms with Crippen molar-refractivity contribution < 1.29 is 0 Å². The van der Waals surface area contributed by atoms with E-state index in [9.17, 15) is 0 Å². The Hall–Kier alpha value is -0.930. The van der Waals surface area contributed by atoms with Gasteiger partial charge in [0.15, 0.2) is 0 Å². The molecule has 1 unspecified atom stereocenters. The Labute approximate surface area is 84.9 Å². The zero-order valence-corrected chi connectivity index (χ0v) is 8.39. The van der Waals surface area contributed by atoms with Crippen molar-refractivity contribution in [2.45, 2.75) is 18.9 Å². The topological polar surface area (TPSA) is 42.1 Å². The fourth-order valence-electron chi connectivity index (χ4n) is 2.12. The Morgan fingerprint density at radius 1 is 1.43 bits per heavy atom. The van der Waals surface area contributed by atoms with Crippen LogP contribution >= 0.6 is 0 Å². The molecule has 1 saturated heterocycles. The summed E-state index contributed by atoms with van der Waals surface area (Å²) in [5.74, 6) is 0. The molecule has 1 aromatic rings. The van der Waals surface area contributed by atoms with Gasteiger partial charge in [-0.05, 0) is 37.6 Å². The highest BCUT2D eigenvalue weighted by atomic mass is 15.2. The maximum Gasteiger partial charge on any atom is 0.0485 e. The fraction of sp³-hybridized carbons (Fsp3) is 0.545. The van der Waals surface area contributed by atoms with Crippen molar-refractivity contribution in [1.82, 2.24) is 9.88 Å². The molecule has 2 rings (SSSR count). The van der Waals surface area contributed by atoms with Crippen molar-refractivity contribution in [3.63, 3.8) is 0 Å². The number of nitrogens with zero attached hydrogens (tertiary/aromatic N) is 2. The number of aromatic nitrogens is 1. The van der Waals surface area contributed by atoms with E-state index < -0.39 is 0 Å². The van der Waals surface area contributed by atoms with Gasteiger partial charge in [0.1, 0.15) is 0 Å². The molecule has 1 aliphatic heterocycles. The number of hydrogen-bond donors (Lipinski definition) is 1. The number of nitrogens with two attached hydrogens (primary N) is 1. The Bertz CT molecular complexity index is 267. The van der Waals surface area contributed by atoms with Crippen molar-refractivity contribution in [2.75, 3.05) is 19.6 Å². The maximum atomic E-state index is 5.82. The molecule has 1 aromatic heterocycles. The fourth-order valence-corrected chi connectivity index (χ4v) is 2.12. The zero-order chi connectivity index (χ0) is 9.80. The second-order valence-electron chi connectivity index (χ2n) is 3.78. The van der Waals surface area contributed by atoms with E-state index in [-0.39, 0.29) is 0 Å². The Morgan fingerprint density at radius 2 is 2.21 bits per heavy atom. The van der Waals surface area contributed by atoms with Crippen LogP contribution in [0, 0.1) is 0 Å². The summed E-state index contributed by atoms with van der Waals surface area (Å²) in [6.07, 6.45) is 6.34. The summed E-state index contributed by atoms with van der Waals surface area (Å²) in [6.45, 7) is 3.04. The molecule has 0 radical (unpaired) electrons. The second kappa shape index (κ2) is 4.53. The van der Waals surface area contributed by atoms with Crippen molar-refractivity contribution >= 4 is 0 Å². The maximum absolute atomic E-state index is 5.82. The van der Waals surface area contributed by atoms with Crippen LogP contribution < -0.4 is 5.73 Å². The lowest BCUT2D eigenvalue weighted by atomic mass is 10.1. The molecule has 1 fully saturated rings. The smallest absolute Gasteiger partial charge is 0.0485 e. The lowest BCUT2D eigenvalue weighted by Gasteiger charge is -2.26. The minimum atomic E-state index is 0.367. The summed E-state index contributed by atoms with van der Waals surface area (Å²) in [7, 11) is 0.